The van der Waals surface area contributed by atoms with E-state index in [2.05, 4.69) is 5.32 Å². The summed E-state index contributed by atoms with van der Waals surface area (Å²) in [6.45, 7) is 2.28. The maximum atomic E-state index is 11.7. The summed E-state index contributed by atoms with van der Waals surface area (Å²) >= 11 is 0. The highest BCUT2D eigenvalue weighted by atomic mass is 16.6. The second-order valence-corrected chi connectivity index (χ2v) is 4.94. The lowest BCUT2D eigenvalue weighted by Gasteiger charge is -2.09. The van der Waals surface area contributed by atoms with Gasteiger partial charge < -0.3 is 10.1 Å². The lowest BCUT2D eigenvalue weighted by atomic mass is 10.1. The Kier molecular flexibility index (Phi) is 5.47. The van der Waals surface area contributed by atoms with Crippen LogP contribution in [-0.4, -0.2) is 17.5 Å². The number of ether oxygens (including phenoxy) is 1. The number of esters is 1. The molecule has 0 saturated heterocycles. The molecular formula is C17H15N3O4. The van der Waals surface area contributed by atoms with Crippen LogP contribution < -0.4 is 5.32 Å². The lowest BCUT2D eigenvalue weighted by Crippen LogP contribution is -2.05. The van der Waals surface area contributed by atoms with Gasteiger partial charge in [0.15, 0.2) is 0 Å². The maximum Gasteiger partial charge on any atom is 0.338 e. The molecule has 24 heavy (non-hydrogen) atoms. The van der Waals surface area contributed by atoms with Gasteiger partial charge in [0.05, 0.1) is 28.3 Å². The van der Waals surface area contributed by atoms with Gasteiger partial charge >= 0.3 is 5.97 Å². The van der Waals surface area contributed by atoms with E-state index in [-0.39, 0.29) is 11.3 Å². The highest BCUT2D eigenvalue weighted by Gasteiger charge is 2.11. The Morgan fingerprint density at radius 2 is 2.00 bits per heavy atom. The Morgan fingerprint density at radius 1 is 1.29 bits per heavy atom. The van der Waals surface area contributed by atoms with Crippen LogP contribution in [-0.2, 0) is 4.74 Å². The first-order valence-electron chi connectivity index (χ1n) is 7.28. The van der Waals surface area contributed by atoms with Crippen LogP contribution in [0, 0.1) is 21.4 Å². The van der Waals surface area contributed by atoms with Gasteiger partial charge in [-0.15, -0.1) is 0 Å². The van der Waals surface area contributed by atoms with E-state index in [0.29, 0.717) is 23.5 Å². The first-order chi connectivity index (χ1) is 11.5. The molecule has 0 atom stereocenters. The van der Waals surface area contributed by atoms with Gasteiger partial charge in [-0.3, -0.25) is 10.1 Å². The minimum absolute atomic E-state index is 0.147. The number of nitriles is 1. The number of nitro groups is 1. The van der Waals surface area contributed by atoms with Gasteiger partial charge in [-0.1, -0.05) is 6.92 Å². The zero-order valence-corrected chi connectivity index (χ0v) is 13.0. The zero-order valence-electron chi connectivity index (χ0n) is 13.0. The number of hydrogen-bond acceptors (Lipinski definition) is 6. The van der Waals surface area contributed by atoms with Crippen LogP contribution >= 0.6 is 0 Å². The summed E-state index contributed by atoms with van der Waals surface area (Å²) in [7, 11) is 0. The van der Waals surface area contributed by atoms with Crippen molar-refractivity contribution >= 4 is 23.0 Å². The molecule has 0 radical (unpaired) electrons. The van der Waals surface area contributed by atoms with Gasteiger partial charge in [-0.2, -0.15) is 5.26 Å². The number of nitro benzene ring substituents is 1. The molecule has 0 saturated carbocycles. The number of carbonyl (C=O) groups excluding carboxylic acids is 1. The molecule has 0 aliphatic carbocycles. The highest BCUT2D eigenvalue weighted by Crippen LogP contribution is 2.25. The Hall–Kier alpha value is -3.40. The molecule has 0 amide bonds. The fourth-order valence-electron chi connectivity index (χ4n) is 1.97. The predicted molar refractivity (Wildman–Crippen MR) is 88.1 cm³/mol. The largest absolute Gasteiger partial charge is 0.462 e. The molecule has 1 N–H and O–H groups in total. The smallest absolute Gasteiger partial charge is 0.338 e. The molecule has 2 aromatic carbocycles. The number of hydrogen-bond donors (Lipinski definition) is 1. The number of nitrogens with zero attached hydrogens (tertiary/aromatic N) is 2. The number of benzene rings is 2. The third-order valence-corrected chi connectivity index (χ3v) is 3.17. The van der Waals surface area contributed by atoms with Gasteiger partial charge in [-0.25, -0.2) is 4.79 Å². The zero-order chi connectivity index (χ0) is 17.5. The predicted octanol–water partition coefficient (Wildman–Crippen LogP) is 3.78. The molecule has 7 heteroatoms. The fourth-order valence-corrected chi connectivity index (χ4v) is 1.97. The van der Waals surface area contributed by atoms with Gasteiger partial charge in [0, 0.05) is 17.8 Å². The van der Waals surface area contributed by atoms with Crippen LogP contribution in [0.5, 0.6) is 0 Å². The van der Waals surface area contributed by atoms with Crippen molar-refractivity contribution in [1.29, 1.82) is 5.26 Å². The number of rotatable bonds is 6. The third kappa shape index (κ3) is 4.08. The molecule has 7 nitrogen and oxygen atoms in total. The fraction of sp³-hybridized carbons (Fsp3) is 0.176. The van der Waals surface area contributed by atoms with Crippen molar-refractivity contribution in [1.82, 2.24) is 0 Å². The molecule has 0 unspecified atom stereocenters. The molecule has 0 fully saturated rings. The van der Waals surface area contributed by atoms with E-state index in [0.717, 1.165) is 6.42 Å². The molecule has 0 aromatic heterocycles. The summed E-state index contributed by atoms with van der Waals surface area (Å²) in [5.41, 5.74) is 1.54. The average molecular weight is 325 g/mol. The van der Waals surface area contributed by atoms with Gasteiger partial charge in [0.1, 0.15) is 6.07 Å². The standard InChI is InChI=1S/C17H15N3O4/c1-2-9-24-17(21)12-3-5-14(6-4-12)19-16-8-7-15(20(22)23)10-13(16)11-18/h3-8,10,19H,2,9H2,1H3. The molecule has 2 aromatic rings. The Labute approximate surface area is 138 Å². The van der Waals surface area contributed by atoms with Crippen LogP contribution in [0.15, 0.2) is 42.5 Å². The Morgan fingerprint density at radius 3 is 2.58 bits per heavy atom. The normalized spacial score (nSPS) is 9.83. The van der Waals surface area contributed by atoms with Crippen molar-refractivity contribution in [3.63, 3.8) is 0 Å². The maximum absolute atomic E-state index is 11.7. The molecular weight excluding hydrogens is 310 g/mol. The van der Waals surface area contributed by atoms with Gasteiger partial charge in [-0.05, 0) is 36.8 Å². The summed E-state index contributed by atoms with van der Waals surface area (Å²) < 4.78 is 5.04. The molecule has 0 heterocycles. The van der Waals surface area contributed by atoms with Crippen LogP contribution in [0.25, 0.3) is 0 Å². The summed E-state index contributed by atoms with van der Waals surface area (Å²) in [5, 5.41) is 22.9. The van der Waals surface area contributed by atoms with Gasteiger partial charge in [0.25, 0.3) is 5.69 Å². The monoisotopic (exact) mass is 325 g/mol. The van der Waals surface area contributed by atoms with Crippen molar-refractivity contribution < 1.29 is 14.5 Å². The van der Waals surface area contributed by atoms with E-state index < -0.39 is 10.9 Å². The van der Waals surface area contributed by atoms with E-state index in [4.69, 9.17) is 10.00 Å². The highest BCUT2D eigenvalue weighted by molar-refractivity contribution is 5.90. The van der Waals surface area contributed by atoms with E-state index in [1.165, 1.54) is 18.2 Å². The molecule has 0 spiro atoms. The van der Waals surface area contributed by atoms with Crippen molar-refractivity contribution in [2.24, 2.45) is 0 Å². The van der Waals surface area contributed by atoms with E-state index in [1.807, 2.05) is 13.0 Å². The van der Waals surface area contributed by atoms with Crippen LogP contribution in [0.1, 0.15) is 29.3 Å². The number of non-ortho nitro benzene ring substituents is 1. The first-order valence-corrected chi connectivity index (χ1v) is 7.28. The Balaban J connectivity index is 2.16. The minimum Gasteiger partial charge on any atom is -0.462 e. The van der Waals surface area contributed by atoms with Crippen molar-refractivity contribution in [3.05, 3.63) is 63.7 Å². The Bertz CT molecular complexity index is 794. The quantitative estimate of drug-likeness (QED) is 0.492. The number of carbonyl (C=O) groups is 1. The lowest BCUT2D eigenvalue weighted by molar-refractivity contribution is -0.384. The summed E-state index contributed by atoms with van der Waals surface area (Å²) in [6.07, 6.45) is 0.752. The second kappa shape index (κ2) is 7.74. The molecule has 2 rings (SSSR count). The van der Waals surface area contributed by atoms with Crippen molar-refractivity contribution in [3.8, 4) is 6.07 Å². The third-order valence-electron chi connectivity index (χ3n) is 3.17. The molecule has 0 aliphatic rings. The molecule has 0 bridgehead atoms. The summed E-state index contributed by atoms with van der Waals surface area (Å²) in [5.74, 6) is -0.392. The van der Waals surface area contributed by atoms with E-state index in [1.54, 1.807) is 24.3 Å². The first kappa shape index (κ1) is 17.0. The molecule has 0 aliphatic heterocycles. The van der Waals surface area contributed by atoms with Crippen LogP contribution in [0.4, 0.5) is 17.1 Å². The minimum atomic E-state index is -0.554. The van der Waals surface area contributed by atoms with E-state index >= 15 is 0 Å². The van der Waals surface area contributed by atoms with Gasteiger partial charge in [0.2, 0.25) is 0 Å². The topological polar surface area (TPSA) is 105 Å². The summed E-state index contributed by atoms with van der Waals surface area (Å²) in [4.78, 5) is 21.9. The van der Waals surface area contributed by atoms with Crippen LogP contribution in [0.2, 0.25) is 0 Å². The van der Waals surface area contributed by atoms with Crippen molar-refractivity contribution in [2.75, 3.05) is 11.9 Å². The summed E-state index contributed by atoms with van der Waals surface area (Å²) in [6, 6.07) is 12.5. The second-order valence-electron chi connectivity index (χ2n) is 4.94. The van der Waals surface area contributed by atoms with E-state index in [9.17, 15) is 14.9 Å². The number of nitrogens with one attached hydrogen (secondary N) is 1. The van der Waals surface area contributed by atoms with Crippen LogP contribution in [0.3, 0.4) is 0 Å². The average Bonchev–Trinajstić information content (AvgIpc) is 2.60. The van der Waals surface area contributed by atoms with Crippen molar-refractivity contribution in [2.45, 2.75) is 13.3 Å². The molecule has 122 valence electrons. The number of anilines is 2. The SMILES string of the molecule is CCCOC(=O)c1ccc(Nc2ccc([N+](=O)[O-])cc2C#N)cc1.